The van der Waals surface area contributed by atoms with Gasteiger partial charge in [-0.15, -0.1) is 0 Å². The molecule has 0 aliphatic heterocycles. The summed E-state index contributed by atoms with van der Waals surface area (Å²) >= 11 is 0. The Morgan fingerprint density at radius 2 is 1.78 bits per heavy atom. The van der Waals surface area contributed by atoms with Crippen molar-refractivity contribution in [3.05, 3.63) is 29.3 Å². The first-order valence-electron chi connectivity index (χ1n) is 6.08. The molecule has 0 heterocycles. The largest absolute Gasteiger partial charge is 0.485 e. The van der Waals surface area contributed by atoms with Gasteiger partial charge in [-0.05, 0) is 31.2 Å². The normalized spacial score (nSPS) is 10.7. The number of hydrogen-bond donors (Lipinski definition) is 1. The fourth-order valence-corrected chi connectivity index (χ4v) is 1.47. The first kappa shape index (κ1) is 14.9. The van der Waals surface area contributed by atoms with Gasteiger partial charge in [0, 0.05) is 13.2 Å². The molecule has 0 fully saturated rings. The first-order valence-corrected chi connectivity index (χ1v) is 6.08. The van der Waals surface area contributed by atoms with Crippen LogP contribution in [0.5, 0.6) is 5.75 Å². The van der Waals surface area contributed by atoms with Crippen molar-refractivity contribution < 1.29 is 18.3 Å². The van der Waals surface area contributed by atoms with Crippen LogP contribution in [0.1, 0.15) is 19.4 Å². The maximum atomic E-state index is 13.6. The summed E-state index contributed by atoms with van der Waals surface area (Å²) < 4.78 is 37.3. The maximum absolute atomic E-state index is 13.6. The van der Waals surface area contributed by atoms with E-state index in [1.54, 1.807) is 0 Å². The Morgan fingerprint density at radius 1 is 1.11 bits per heavy atom. The van der Waals surface area contributed by atoms with Crippen LogP contribution in [0.2, 0.25) is 0 Å². The quantitative estimate of drug-likeness (QED) is 0.728. The summed E-state index contributed by atoms with van der Waals surface area (Å²) in [5.41, 5.74) is 0.559. The third-order valence-electron chi connectivity index (χ3n) is 2.32. The van der Waals surface area contributed by atoms with Crippen LogP contribution in [-0.2, 0) is 11.3 Å². The molecule has 1 rings (SSSR count). The first-order chi connectivity index (χ1) is 8.69. The second-order valence-corrected chi connectivity index (χ2v) is 3.71. The third-order valence-corrected chi connectivity index (χ3v) is 2.32. The number of benzene rings is 1. The summed E-state index contributed by atoms with van der Waals surface area (Å²) in [6.45, 7) is 5.95. The highest BCUT2D eigenvalue weighted by molar-refractivity contribution is 5.31. The van der Waals surface area contributed by atoms with E-state index in [0.29, 0.717) is 25.3 Å². The predicted octanol–water partition coefficient (Wildman–Crippen LogP) is 2.49. The van der Waals surface area contributed by atoms with Crippen molar-refractivity contribution in [2.75, 3.05) is 26.4 Å². The van der Waals surface area contributed by atoms with Crippen LogP contribution in [0.15, 0.2) is 12.1 Å². The standard InChI is InChI=1S/C13H19F2NO2/c1-3-16-9-10-7-11(14)13(12(15)8-10)18-6-5-17-4-2/h7-8,16H,3-6,9H2,1-2H3. The highest BCUT2D eigenvalue weighted by Crippen LogP contribution is 2.23. The second kappa shape index (κ2) is 8.00. The van der Waals surface area contributed by atoms with E-state index in [1.165, 1.54) is 12.1 Å². The smallest absolute Gasteiger partial charge is 0.190 e. The molecule has 5 heteroatoms. The van der Waals surface area contributed by atoms with E-state index in [0.717, 1.165) is 6.54 Å². The molecule has 0 aliphatic carbocycles. The lowest BCUT2D eigenvalue weighted by Crippen LogP contribution is -2.13. The highest BCUT2D eigenvalue weighted by atomic mass is 19.1. The van der Waals surface area contributed by atoms with Crippen molar-refractivity contribution in [1.82, 2.24) is 5.32 Å². The number of nitrogens with one attached hydrogen (secondary N) is 1. The molecule has 0 radical (unpaired) electrons. The van der Waals surface area contributed by atoms with E-state index in [1.807, 2.05) is 13.8 Å². The van der Waals surface area contributed by atoms with Gasteiger partial charge >= 0.3 is 0 Å². The lowest BCUT2D eigenvalue weighted by atomic mass is 10.2. The van der Waals surface area contributed by atoms with Gasteiger partial charge in [0.25, 0.3) is 0 Å². The number of rotatable bonds is 8. The molecule has 18 heavy (non-hydrogen) atoms. The van der Waals surface area contributed by atoms with Gasteiger partial charge in [0.1, 0.15) is 6.61 Å². The van der Waals surface area contributed by atoms with Crippen molar-refractivity contribution in [1.29, 1.82) is 0 Å². The van der Waals surface area contributed by atoms with E-state index in [9.17, 15) is 8.78 Å². The summed E-state index contributed by atoms with van der Waals surface area (Å²) in [6, 6.07) is 2.56. The second-order valence-electron chi connectivity index (χ2n) is 3.71. The van der Waals surface area contributed by atoms with Crippen molar-refractivity contribution in [3.8, 4) is 5.75 Å². The average Bonchev–Trinajstić information content (AvgIpc) is 2.34. The van der Waals surface area contributed by atoms with E-state index >= 15 is 0 Å². The van der Waals surface area contributed by atoms with Crippen LogP contribution in [-0.4, -0.2) is 26.4 Å². The average molecular weight is 259 g/mol. The molecule has 1 aromatic rings. The molecule has 0 bridgehead atoms. The SMILES string of the molecule is CCNCc1cc(F)c(OCCOCC)c(F)c1. The number of halogens is 2. The van der Waals surface area contributed by atoms with Crippen LogP contribution < -0.4 is 10.1 Å². The molecular formula is C13H19F2NO2. The van der Waals surface area contributed by atoms with Crippen molar-refractivity contribution in [2.45, 2.75) is 20.4 Å². The summed E-state index contributed by atoms with van der Waals surface area (Å²) in [7, 11) is 0. The van der Waals surface area contributed by atoms with Gasteiger partial charge in [0.2, 0.25) is 0 Å². The molecule has 0 spiro atoms. The molecule has 1 aromatic carbocycles. The molecule has 0 amide bonds. The lowest BCUT2D eigenvalue weighted by Gasteiger charge is -2.10. The minimum absolute atomic E-state index is 0.133. The van der Waals surface area contributed by atoms with Crippen LogP contribution in [0, 0.1) is 11.6 Å². The van der Waals surface area contributed by atoms with Gasteiger partial charge in [-0.1, -0.05) is 6.92 Å². The molecule has 0 saturated heterocycles. The van der Waals surface area contributed by atoms with Gasteiger partial charge in [-0.25, -0.2) is 8.78 Å². The van der Waals surface area contributed by atoms with Gasteiger partial charge < -0.3 is 14.8 Å². The Bertz CT molecular complexity index is 349. The fourth-order valence-electron chi connectivity index (χ4n) is 1.47. The molecule has 1 N–H and O–H groups in total. The van der Waals surface area contributed by atoms with Crippen LogP contribution >= 0.6 is 0 Å². The minimum Gasteiger partial charge on any atom is -0.485 e. The molecule has 0 aromatic heterocycles. The van der Waals surface area contributed by atoms with Crippen molar-refractivity contribution in [2.24, 2.45) is 0 Å². The van der Waals surface area contributed by atoms with Crippen molar-refractivity contribution >= 4 is 0 Å². The zero-order valence-electron chi connectivity index (χ0n) is 10.8. The van der Waals surface area contributed by atoms with Gasteiger partial charge in [0.05, 0.1) is 6.61 Å². The van der Waals surface area contributed by atoms with E-state index < -0.39 is 11.6 Å². The third kappa shape index (κ3) is 4.58. The molecule has 0 aliphatic rings. The Morgan fingerprint density at radius 3 is 2.33 bits per heavy atom. The van der Waals surface area contributed by atoms with Gasteiger partial charge in [-0.2, -0.15) is 0 Å². The summed E-state index contributed by atoms with van der Waals surface area (Å²) in [5.74, 6) is -1.70. The molecule has 0 saturated carbocycles. The van der Waals surface area contributed by atoms with E-state index in [4.69, 9.17) is 9.47 Å². The van der Waals surface area contributed by atoms with Crippen LogP contribution in [0.3, 0.4) is 0 Å². The Balaban J connectivity index is 2.62. The molecular weight excluding hydrogens is 240 g/mol. The maximum Gasteiger partial charge on any atom is 0.190 e. The fraction of sp³-hybridized carbons (Fsp3) is 0.538. The molecule has 0 atom stereocenters. The number of ether oxygens (including phenoxy) is 2. The monoisotopic (exact) mass is 259 g/mol. The summed E-state index contributed by atoms with van der Waals surface area (Å²) in [5, 5.41) is 3.00. The van der Waals surface area contributed by atoms with Crippen LogP contribution in [0.4, 0.5) is 8.78 Å². The van der Waals surface area contributed by atoms with Crippen LogP contribution in [0.25, 0.3) is 0 Å². The summed E-state index contributed by atoms with van der Waals surface area (Å²) in [6.07, 6.45) is 0. The molecule has 102 valence electrons. The highest BCUT2D eigenvalue weighted by Gasteiger charge is 2.12. The summed E-state index contributed by atoms with van der Waals surface area (Å²) in [4.78, 5) is 0. The topological polar surface area (TPSA) is 30.5 Å². The number of hydrogen-bond acceptors (Lipinski definition) is 3. The molecule has 3 nitrogen and oxygen atoms in total. The zero-order chi connectivity index (χ0) is 13.4. The van der Waals surface area contributed by atoms with Gasteiger partial charge in [-0.3, -0.25) is 0 Å². The van der Waals surface area contributed by atoms with Crippen molar-refractivity contribution in [3.63, 3.8) is 0 Å². The Labute approximate surface area is 106 Å². The Kier molecular flexibility index (Phi) is 6.60. The van der Waals surface area contributed by atoms with E-state index in [-0.39, 0.29) is 12.4 Å². The molecule has 0 unspecified atom stereocenters. The predicted molar refractivity (Wildman–Crippen MR) is 65.7 cm³/mol. The minimum atomic E-state index is -0.681. The van der Waals surface area contributed by atoms with E-state index in [2.05, 4.69) is 5.32 Å². The van der Waals surface area contributed by atoms with Gasteiger partial charge in [0.15, 0.2) is 17.4 Å². The Hall–Kier alpha value is -1.20. The lowest BCUT2D eigenvalue weighted by molar-refractivity contribution is 0.107. The zero-order valence-corrected chi connectivity index (χ0v) is 10.8.